The molecule has 0 fully saturated rings. The Hall–Kier alpha value is -3.29. The van der Waals surface area contributed by atoms with Gasteiger partial charge in [0, 0.05) is 5.69 Å². The lowest BCUT2D eigenvalue weighted by Gasteiger charge is -2.21. The quantitative estimate of drug-likeness (QED) is 0.824. The van der Waals surface area contributed by atoms with Crippen molar-refractivity contribution in [2.24, 2.45) is 0 Å². The number of ether oxygens (including phenoxy) is 4. The Kier molecular flexibility index (Phi) is 5.21. The van der Waals surface area contributed by atoms with E-state index in [0.717, 1.165) is 0 Å². The zero-order valence-corrected chi connectivity index (χ0v) is 13.9. The fraction of sp³-hybridized carbons (Fsp3) is 0.222. The highest BCUT2D eigenvalue weighted by Gasteiger charge is 2.22. The maximum atomic E-state index is 12.8. The number of anilines is 1. The van der Waals surface area contributed by atoms with Gasteiger partial charge in [0.2, 0.25) is 5.75 Å². The summed E-state index contributed by atoms with van der Waals surface area (Å²) in [6.07, 6.45) is 0. The number of halogens is 1. The van der Waals surface area contributed by atoms with Gasteiger partial charge in [-0.3, -0.25) is 4.79 Å². The Labute approximate surface area is 148 Å². The van der Waals surface area contributed by atoms with Crippen LogP contribution in [0.3, 0.4) is 0 Å². The Morgan fingerprint density at radius 1 is 1.15 bits per heavy atom. The Balaban J connectivity index is 1.62. The van der Waals surface area contributed by atoms with E-state index in [2.05, 4.69) is 5.32 Å². The number of amides is 1. The first-order valence-corrected chi connectivity index (χ1v) is 7.77. The number of hydrogen-bond donors (Lipinski definition) is 1. The summed E-state index contributed by atoms with van der Waals surface area (Å²) in [5.41, 5.74) is 0.564. The van der Waals surface area contributed by atoms with Crippen LogP contribution in [-0.4, -0.2) is 38.8 Å². The number of carbonyl (C=O) groups excluding carboxylic acids is 2. The van der Waals surface area contributed by atoms with Crippen LogP contribution in [0.5, 0.6) is 17.2 Å². The van der Waals surface area contributed by atoms with E-state index >= 15 is 0 Å². The molecule has 0 spiro atoms. The van der Waals surface area contributed by atoms with E-state index in [4.69, 9.17) is 18.9 Å². The molecule has 0 aliphatic carbocycles. The van der Waals surface area contributed by atoms with Crippen LogP contribution < -0.4 is 19.5 Å². The zero-order valence-electron chi connectivity index (χ0n) is 13.9. The van der Waals surface area contributed by atoms with Crippen LogP contribution >= 0.6 is 0 Å². The van der Waals surface area contributed by atoms with Gasteiger partial charge in [0.15, 0.2) is 18.1 Å². The lowest BCUT2D eigenvalue weighted by Crippen LogP contribution is -2.21. The van der Waals surface area contributed by atoms with Gasteiger partial charge in [0.1, 0.15) is 19.0 Å². The number of hydrogen-bond acceptors (Lipinski definition) is 6. The fourth-order valence-corrected chi connectivity index (χ4v) is 2.34. The molecule has 0 saturated carbocycles. The van der Waals surface area contributed by atoms with Gasteiger partial charge < -0.3 is 24.3 Å². The molecule has 3 rings (SSSR count). The minimum Gasteiger partial charge on any atom is -0.493 e. The number of esters is 1. The molecule has 7 nitrogen and oxygen atoms in total. The van der Waals surface area contributed by atoms with Gasteiger partial charge in [-0.1, -0.05) is 0 Å². The number of carbonyl (C=O) groups is 2. The van der Waals surface area contributed by atoms with E-state index in [0.29, 0.717) is 36.1 Å². The standard InChI is InChI=1S/C18H16FNO6/c1-23-14-8-11(9-15-17(14)25-7-6-24-15)18(22)26-10-16(21)20-13-4-2-12(19)3-5-13/h2-5,8-9H,6-7,10H2,1H3,(H,20,21). The number of nitrogens with one attached hydrogen (secondary N) is 1. The molecular weight excluding hydrogens is 345 g/mol. The molecule has 1 aliphatic rings. The van der Waals surface area contributed by atoms with Crippen LogP contribution in [-0.2, 0) is 9.53 Å². The first-order chi connectivity index (χ1) is 12.6. The Morgan fingerprint density at radius 2 is 1.88 bits per heavy atom. The van der Waals surface area contributed by atoms with Gasteiger partial charge >= 0.3 is 5.97 Å². The van der Waals surface area contributed by atoms with Crippen molar-refractivity contribution in [2.75, 3.05) is 32.2 Å². The highest BCUT2D eigenvalue weighted by Crippen LogP contribution is 2.40. The van der Waals surface area contributed by atoms with Crippen LogP contribution in [0.25, 0.3) is 0 Å². The number of rotatable bonds is 5. The molecule has 136 valence electrons. The number of methoxy groups -OCH3 is 1. The summed E-state index contributed by atoms with van der Waals surface area (Å²) in [5.74, 6) is -0.543. The fourth-order valence-electron chi connectivity index (χ4n) is 2.34. The topological polar surface area (TPSA) is 83.1 Å². The van der Waals surface area contributed by atoms with Gasteiger partial charge in [0.25, 0.3) is 5.91 Å². The minimum absolute atomic E-state index is 0.167. The predicted molar refractivity (Wildman–Crippen MR) is 89.3 cm³/mol. The highest BCUT2D eigenvalue weighted by atomic mass is 19.1. The summed E-state index contributed by atoms with van der Waals surface area (Å²) in [6, 6.07) is 8.15. The molecule has 0 aromatic heterocycles. The van der Waals surface area contributed by atoms with Crippen LogP contribution in [0.15, 0.2) is 36.4 Å². The Morgan fingerprint density at radius 3 is 2.62 bits per heavy atom. The third-order valence-electron chi connectivity index (χ3n) is 3.53. The molecule has 0 radical (unpaired) electrons. The van der Waals surface area contributed by atoms with Crippen molar-refractivity contribution in [3.05, 3.63) is 47.8 Å². The predicted octanol–water partition coefficient (Wildman–Crippen LogP) is 2.40. The van der Waals surface area contributed by atoms with Crippen molar-refractivity contribution in [1.29, 1.82) is 0 Å². The molecule has 1 aliphatic heterocycles. The molecule has 2 aromatic rings. The summed E-state index contributed by atoms with van der Waals surface area (Å²) < 4.78 is 33.9. The molecular formula is C18H16FNO6. The second kappa shape index (κ2) is 7.73. The largest absolute Gasteiger partial charge is 0.493 e. The first-order valence-electron chi connectivity index (χ1n) is 7.77. The second-order valence-corrected chi connectivity index (χ2v) is 5.33. The summed E-state index contributed by atoms with van der Waals surface area (Å²) in [7, 11) is 1.44. The van der Waals surface area contributed by atoms with Crippen molar-refractivity contribution >= 4 is 17.6 Å². The average Bonchev–Trinajstić information content (AvgIpc) is 2.67. The molecule has 0 atom stereocenters. The molecule has 0 bridgehead atoms. The van der Waals surface area contributed by atoms with Crippen LogP contribution in [0.2, 0.25) is 0 Å². The third kappa shape index (κ3) is 4.02. The van der Waals surface area contributed by atoms with Gasteiger partial charge in [-0.25, -0.2) is 9.18 Å². The van der Waals surface area contributed by atoms with Gasteiger partial charge in [-0.15, -0.1) is 0 Å². The van der Waals surface area contributed by atoms with E-state index in [1.165, 1.54) is 43.5 Å². The number of benzene rings is 2. The number of fused-ring (bicyclic) bond motifs is 1. The zero-order chi connectivity index (χ0) is 18.5. The van der Waals surface area contributed by atoms with E-state index in [-0.39, 0.29) is 5.56 Å². The molecule has 0 saturated heterocycles. The van der Waals surface area contributed by atoms with Crippen LogP contribution in [0.4, 0.5) is 10.1 Å². The first kappa shape index (κ1) is 17.5. The molecule has 1 heterocycles. The lowest BCUT2D eigenvalue weighted by atomic mass is 10.1. The normalized spacial score (nSPS) is 12.2. The maximum absolute atomic E-state index is 12.8. The monoisotopic (exact) mass is 361 g/mol. The summed E-state index contributed by atoms with van der Waals surface area (Å²) in [4.78, 5) is 24.0. The highest BCUT2D eigenvalue weighted by molar-refractivity contribution is 5.96. The molecule has 26 heavy (non-hydrogen) atoms. The van der Waals surface area contributed by atoms with Gasteiger partial charge in [-0.05, 0) is 36.4 Å². The summed E-state index contributed by atoms with van der Waals surface area (Å²) in [6.45, 7) is 0.248. The summed E-state index contributed by atoms with van der Waals surface area (Å²) >= 11 is 0. The molecule has 8 heteroatoms. The smallest absolute Gasteiger partial charge is 0.338 e. The third-order valence-corrected chi connectivity index (χ3v) is 3.53. The van der Waals surface area contributed by atoms with E-state index in [1.54, 1.807) is 0 Å². The molecule has 2 aromatic carbocycles. The second-order valence-electron chi connectivity index (χ2n) is 5.33. The SMILES string of the molecule is COc1cc(C(=O)OCC(=O)Nc2ccc(F)cc2)cc2c1OCCO2. The van der Waals surface area contributed by atoms with Crippen molar-refractivity contribution in [3.63, 3.8) is 0 Å². The van der Waals surface area contributed by atoms with Crippen molar-refractivity contribution in [1.82, 2.24) is 0 Å². The van der Waals surface area contributed by atoms with E-state index in [9.17, 15) is 14.0 Å². The maximum Gasteiger partial charge on any atom is 0.338 e. The van der Waals surface area contributed by atoms with E-state index in [1.807, 2.05) is 0 Å². The van der Waals surface area contributed by atoms with Gasteiger partial charge in [-0.2, -0.15) is 0 Å². The van der Waals surface area contributed by atoms with Crippen LogP contribution in [0, 0.1) is 5.82 Å². The molecule has 1 N–H and O–H groups in total. The van der Waals surface area contributed by atoms with Crippen molar-refractivity contribution < 1.29 is 32.9 Å². The van der Waals surface area contributed by atoms with E-state index < -0.39 is 24.3 Å². The Bertz CT molecular complexity index is 804. The average molecular weight is 361 g/mol. The van der Waals surface area contributed by atoms with Crippen molar-refractivity contribution in [2.45, 2.75) is 0 Å². The molecule has 0 unspecified atom stereocenters. The van der Waals surface area contributed by atoms with Crippen molar-refractivity contribution in [3.8, 4) is 17.2 Å². The minimum atomic E-state index is -0.713. The van der Waals surface area contributed by atoms with Crippen LogP contribution in [0.1, 0.15) is 10.4 Å². The summed E-state index contributed by atoms with van der Waals surface area (Å²) in [5, 5.41) is 2.50. The molecule has 1 amide bonds. The van der Waals surface area contributed by atoms with Gasteiger partial charge in [0.05, 0.1) is 12.7 Å². The lowest BCUT2D eigenvalue weighted by molar-refractivity contribution is -0.119.